The number of aromatic nitrogens is 5. The molecule has 0 aliphatic carbocycles. The van der Waals surface area contributed by atoms with E-state index in [2.05, 4.69) is 56.5 Å². The van der Waals surface area contributed by atoms with Crippen LogP contribution in [0.2, 0.25) is 0 Å². The Hall–Kier alpha value is -2.81. The van der Waals surface area contributed by atoms with Crippen LogP contribution in [-0.2, 0) is 11.3 Å². The molecule has 1 aliphatic rings. The number of nitrogens with zero attached hydrogens (tertiary/aromatic N) is 6. The fourth-order valence-electron chi connectivity index (χ4n) is 3.47. The van der Waals surface area contributed by atoms with Crippen LogP contribution in [0.25, 0.3) is 10.7 Å². The van der Waals surface area contributed by atoms with Gasteiger partial charge in [0.15, 0.2) is 11.7 Å². The molecule has 2 aromatic heterocycles. The molecule has 0 atom stereocenters. The first-order valence-electron chi connectivity index (χ1n) is 8.86. The van der Waals surface area contributed by atoms with Gasteiger partial charge in [-0.05, 0) is 42.0 Å². The maximum Gasteiger partial charge on any atom is 0.327 e. The van der Waals surface area contributed by atoms with E-state index in [9.17, 15) is 4.79 Å². The van der Waals surface area contributed by atoms with E-state index in [1.165, 1.54) is 22.5 Å². The van der Waals surface area contributed by atoms with Crippen LogP contribution >= 0.6 is 11.3 Å². The van der Waals surface area contributed by atoms with Crippen molar-refractivity contribution < 1.29 is 9.90 Å². The molecule has 0 bridgehead atoms. The zero-order chi connectivity index (χ0) is 18.8. The van der Waals surface area contributed by atoms with Crippen molar-refractivity contribution in [3.8, 4) is 10.7 Å². The van der Waals surface area contributed by atoms with Crippen molar-refractivity contribution in [1.82, 2.24) is 25.2 Å². The number of aryl methyl sites for hydroxylation is 1. The highest BCUT2D eigenvalue weighted by Crippen LogP contribution is 2.35. The Labute approximate surface area is 160 Å². The first-order chi connectivity index (χ1) is 13.1. The van der Waals surface area contributed by atoms with Gasteiger partial charge in [-0.3, -0.25) is 4.79 Å². The number of benzene rings is 1. The van der Waals surface area contributed by atoms with Crippen LogP contribution in [0.4, 0.5) is 5.13 Å². The highest BCUT2D eigenvalue weighted by atomic mass is 32.1. The molecule has 1 N–H and O–H groups in total. The summed E-state index contributed by atoms with van der Waals surface area (Å²) in [6.45, 7) is 3.81. The lowest BCUT2D eigenvalue weighted by molar-refractivity contribution is -0.138. The van der Waals surface area contributed by atoms with Gasteiger partial charge in [-0.15, -0.1) is 10.2 Å². The van der Waals surface area contributed by atoms with Gasteiger partial charge in [0.05, 0.1) is 11.1 Å². The molecule has 0 unspecified atom stereocenters. The predicted molar refractivity (Wildman–Crippen MR) is 102 cm³/mol. The van der Waals surface area contributed by atoms with Gasteiger partial charge in [-0.25, -0.2) is 4.98 Å². The Bertz CT molecular complexity index is 945. The van der Waals surface area contributed by atoms with Crippen molar-refractivity contribution in [2.75, 3.05) is 18.0 Å². The minimum atomic E-state index is -1.000. The van der Waals surface area contributed by atoms with Gasteiger partial charge in [0.25, 0.3) is 0 Å². The van der Waals surface area contributed by atoms with Crippen LogP contribution in [0.15, 0.2) is 30.5 Å². The van der Waals surface area contributed by atoms with Crippen molar-refractivity contribution in [3.63, 3.8) is 0 Å². The summed E-state index contributed by atoms with van der Waals surface area (Å²) >= 11 is 1.51. The molecule has 8 nitrogen and oxygen atoms in total. The Balaban J connectivity index is 1.42. The summed E-state index contributed by atoms with van der Waals surface area (Å²) < 4.78 is 0. The molecular formula is C18H20N6O2S. The van der Waals surface area contributed by atoms with Crippen molar-refractivity contribution in [3.05, 3.63) is 41.6 Å². The number of thiazole rings is 1. The summed E-state index contributed by atoms with van der Waals surface area (Å²) in [5, 5.41) is 21.5. The molecule has 140 valence electrons. The Morgan fingerprint density at radius 2 is 2.07 bits per heavy atom. The molecule has 4 rings (SSSR count). The first kappa shape index (κ1) is 17.6. The van der Waals surface area contributed by atoms with E-state index < -0.39 is 5.97 Å². The number of hydrogen-bond donors (Lipinski definition) is 1. The van der Waals surface area contributed by atoms with E-state index in [-0.39, 0.29) is 6.54 Å². The van der Waals surface area contributed by atoms with Crippen molar-refractivity contribution in [2.45, 2.75) is 32.2 Å². The average molecular weight is 384 g/mol. The zero-order valence-corrected chi connectivity index (χ0v) is 15.8. The quantitative estimate of drug-likeness (QED) is 0.722. The zero-order valence-electron chi connectivity index (χ0n) is 14.9. The number of carboxylic acid groups (broad SMARTS) is 1. The van der Waals surface area contributed by atoms with E-state index >= 15 is 0 Å². The molecule has 0 spiro atoms. The molecule has 0 radical (unpaired) electrons. The number of tetrazole rings is 1. The summed E-state index contributed by atoms with van der Waals surface area (Å²) in [5.41, 5.74) is 2.82. The van der Waals surface area contributed by atoms with Crippen molar-refractivity contribution in [1.29, 1.82) is 0 Å². The Morgan fingerprint density at radius 1 is 1.30 bits per heavy atom. The lowest BCUT2D eigenvalue weighted by Gasteiger charge is -2.32. The van der Waals surface area contributed by atoms with Gasteiger partial charge in [-0.2, -0.15) is 4.80 Å². The summed E-state index contributed by atoms with van der Waals surface area (Å²) in [4.78, 5) is 19.4. The average Bonchev–Trinajstić information content (AvgIpc) is 3.31. The summed E-state index contributed by atoms with van der Waals surface area (Å²) in [6.07, 6.45) is 3.94. The molecule has 1 fully saturated rings. The number of aliphatic carboxylic acids is 1. The van der Waals surface area contributed by atoms with Crippen LogP contribution in [0.5, 0.6) is 0 Å². The van der Waals surface area contributed by atoms with Crippen LogP contribution in [0, 0.1) is 6.92 Å². The van der Waals surface area contributed by atoms with Gasteiger partial charge in [-0.1, -0.05) is 35.6 Å². The van der Waals surface area contributed by atoms with Crippen LogP contribution < -0.4 is 4.90 Å². The smallest absolute Gasteiger partial charge is 0.327 e. The second kappa shape index (κ2) is 7.43. The van der Waals surface area contributed by atoms with Gasteiger partial charge >= 0.3 is 5.97 Å². The number of hydrogen-bond acceptors (Lipinski definition) is 7. The van der Waals surface area contributed by atoms with Gasteiger partial charge in [0.1, 0.15) is 0 Å². The van der Waals surface area contributed by atoms with Gasteiger partial charge in [0.2, 0.25) is 5.82 Å². The van der Waals surface area contributed by atoms with Crippen LogP contribution in [-0.4, -0.2) is 49.4 Å². The maximum absolute atomic E-state index is 10.7. The third-order valence-corrected chi connectivity index (χ3v) is 5.89. The molecule has 1 aliphatic heterocycles. The van der Waals surface area contributed by atoms with Crippen molar-refractivity contribution >= 4 is 22.4 Å². The van der Waals surface area contributed by atoms with E-state index in [1.54, 1.807) is 6.20 Å². The van der Waals surface area contributed by atoms with Crippen LogP contribution in [0.1, 0.15) is 29.9 Å². The van der Waals surface area contributed by atoms with E-state index in [4.69, 9.17) is 5.11 Å². The Morgan fingerprint density at radius 3 is 2.81 bits per heavy atom. The van der Waals surface area contributed by atoms with Gasteiger partial charge in [0, 0.05) is 13.1 Å². The van der Waals surface area contributed by atoms with E-state index in [1.807, 2.05) is 0 Å². The lowest BCUT2D eigenvalue weighted by Crippen LogP contribution is -2.32. The number of carboxylic acids is 1. The maximum atomic E-state index is 10.7. The Kier molecular flexibility index (Phi) is 4.85. The third kappa shape index (κ3) is 3.82. The van der Waals surface area contributed by atoms with Crippen LogP contribution in [0.3, 0.4) is 0 Å². The molecule has 1 saturated heterocycles. The van der Waals surface area contributed by atoms with E-state index in [0.29, 0.717) is 11.7 Å². The topological polar surface area (TPSA) is 97.0 Å². The number of rotatable bonds is 5. The molecule has 1 aromatic carbocycles. The van der Waals surface area contributed by atoms with E-state index in [0.717, 1.165) is 40.7 Å². The monoisotopic (exact) mass is 384 g/mol. The fourth-order valence-corrected chi connectivity index (χ4v) is 4.36. The van der Waals surface area contributed by atoms with Crippen molar-refractivity contribution in [2.24, 2.45) is 0 Å². The highest BCUT2D eigenvalue weighted by molar-refractivity contribution is 7.18. The third-order valence-electron chi connectivity index (χ3n) is 4.84. The second-order valence-corrected chi connectivity index (χ2v) is 7.67. The first-order valence-corrected chi connectivity index (χ1v) is 9.68. The molecule has 0 amide bonds. The number of anilines is 1. The molecular weight excluding hydrogens is 364 g/mol. The largest absolute Gasteiger partial charge is 0.480 e. The summed E-state index contributed by atoms with van der Waals surface area (Å²) in [5.74, 6) is 0.00901. The second-order valence-electron chi connectivity index (χ2n) is 6.66. The normalized spacial score (nSPS) is 15.2. The minimum absolute atomic E-state index is 0.301. The fraction of sp³-hybridized carbons (Fsp3) is 0.389. The summed E-state index contributed by atoms with van der Waals surface area (Å²) in [6, 6.07) is 8.63. The predicted octanol–water partition coefficient (Wildman–Crippen LogP) is 2.57. The lowest BCUT2D eigenvalue weighted by atomic mass is 9.87. The van der Waals surface area contributed by atoms with Gasteiger partial charge < -0.3 is 10.0 Å². The molecule has 3 aromatic rings. The molecule has 0 saturated carbocycles. The summed E-state index contributed by atoms with van der Waals surface area (Å²) in [7, 11) is 0. The number of carbonyl (C=O) groups is 1. The molecule has 27 heavy (non-hydrogen) atoms. The minimum Gasteiger partial charge on any atom is -0.480 e. The molecule has 3 heterocycles. The highest BCUT2D eigenvalue weighted by Gasteiger charge is 2.24. The molecule has 9 heteroatoms. The standard InChI is InChI=1S/C18H20N6O2S/c1-12-4-2-3-5-14(12)13-6-8-23(9-7-13)18-19-10-15(27-18)17-20-22-24(21-17)11-16(25)26/h2-5,10,13H,6-9,11H2,1H3,(H,25,26). The SMILES string of the molecule is Cc1ccccc1C1CCN(c2ncc(-c3nnn(CC(=O)O)n3)s2)CC1. The number of piperidine rings is 1.